The lowest BCUT2D eigenvalue weighted by molar-refractivity contribution is -0.152. The smallest absolute Gasteiger partial charge is 0.472 e. The zero-order valence-electron chi connectivity index (χ0n) is 67.9. The van der Waals surface area contributed by atoms with Crippen molar-refractivity contribution in [3.05, 3.63) is 53.6 Å². The van der Waals surface area contributed by atoms with E-state index in [-0.39, 0.29) is 76.3 Å². The lowest BCUT2D eigenvalue weighted by atomic mass is 10.1. The maximum absolute atomic E-state index is 13.7. The number of phosphoric acid groups is 2. The number of aliphatic hydroxyl groups is 2. The normalized spacial score (nSPS) is 14.5. The van der Waals surface area contributed by atoms with Crippen molar-refractivity contribution in [1.82, 2.24) is 21.3 Å². The van der Waals surface area contributed by atoms with Gasteiger partial charge in [-0.3, -0.25) is 46.9 Å². The first kappa shape index (κ1) is 102. The lowest BCUT2D eigenvalue weighted by Gasteiger charge is -2.23. The van der Waals surface area contributed by atoms with E-state index >= 15 is 0 Å². The SMILES string of the molecule is CCCCCCC=CCCCC(=O)O[C@H](CCCCCCC)CC(=O)NC(COCC[C@H](O)CCCCCCC)COP(=O)(O)OCCNC(=O)c1cc(O)cc(C(=O)NCCOP(=O)(O)OCC(COCC[C@H](O)CCCCCCC)NC(=O)C[C@@H](CCCCCCC)OC(=O)CCCC=CCCCCCC)c1. The van der Waals surface area contributed by atoms with E-state index < -0.39 is 120 Å². The van der Waals surface area contributed by atoms with Gasteiger partial charge in [0, 0.05) is 50.3 Å². The Kier molecular flexibility index (Phi) is 64.7. The number of hydrogen-bond acceptors (Lipinski definition) is 19. The van der Waals surface area contributed by atoms with Crippen LogP contribution in [0.3, 0.4) is 0 Å². The average molecular weight is 1590 g/mol. The number of unbranched alkanes of at least 4 members (excludes halogenated alkanes) is 26. The van der Waals surface area contributed by atoms with Crippen LogP contribution in [0, 0.1) is 0 Å². The van der Waals surface area contributed by atoms with Crippen LogP contribution in [0.2, 0.25) is 0 Å². The zero-order chi connectivity index (χ0) is 80.3. The van der Waals surface area contributed by atoms with Crippen molar-refractivity contribution in [2.75, 3.05) is 65.9 Å². The molecular weight excluding hydrogens is 1440 g/mol. The van der Waals surface area contributed by atoms with Crippen LogP contribution in [0.15, 0.2) is 42.5 Å². The summed E-state index contributed by atoms with van der Waals surface area (Å²) in [6, 6.07) is 1.37. The van der Waals surface area contributed by atoms with Crippen LogP contribution in [0.1, 0.15) is 345 Å². The molecule has 0 aliphatic heterocycles. The van der Waals surface area contributed by atoms with Crippen molar-refractivity contribution in [2.24, 2.45) is 0 Å². The molecule has 109 heavy (non-hydrogen) atoms. The summed E-state index contributed by atoms with van der Waals surface area (Å²) < 4.78 is 71.0. The number of aliphatic hydroxyl groups excluding tert-OH is 2. The molecule has 0 heterocycles. The quantitative estimate of drug-likeness (QED) is 0.0127. The Labute approximate surface area is 655 Å². The second-order valence-corrected chi connectivity index (χ2v) is 31.8. The molecule has 0 aliphatic carbocycles. The monoisotopic (exact) mass is 1590 g/mol. The molecular formula is C82H148N4O21P2. The summed E-state index contributed by atoms with van der Waals surface area (Å²) in [6.45, 7) is 9.95. The van der Waals surface area contributed by atoms with E-state index in [9.17, 15) is 63.0 Å². The van der Waals surface area contributed by atoms with E-state index in [2.05, 4.69) is 87.1 Å². The summed E-state index contributed by atoms with van der Waals surface area (Å²) in [5, 5.41) is 42.4. The van der Waals surface area contributed by atoms with Gasteiger partial charge in [-0.1, -0.05) is 220 Å². The molecule has 1 rings (SSSR count). The van der Waals surface area contributed by atoms with Gasteiger partial charge < -0.3 is 65.3 Å². The predicted molar refractivity (Wildman–Crippen MR) is 429 cm³/mol. The summed E-state index contributed by atoms with van der Waals surface area (Å²) >= 11 is 0. The Morgan fingerprint density at radius 1 is 0.394 bits per heavy atom. The van der Waals surface area contributed by atoms with Crippen molar-refractivity contribution in [3.8, 4) is 5.75 Å². The van der Waals surface area contributed by atoms with Gasteiger partial charge in [0.1, 0.15) is 18.0 Å². The number of nitrogens with one attached hydrogen (secondary N) is 4. The lowest BCUT2D eigenvalue weighted by Crippen LogP contribution is -2.43. The van der Waals surface area contributed by atoms with Crippen LogP contribution in [0.25, 0.3) is 0 Å². The molecule has 1 aromatic rings. The minimum atomic E-state index is -4.85. The number of phenolic OH excluding ortho intramolecular Hbond substituents is 1. The van der Waals surface area contributed by atoms with Crippen molar-refractivity contribution in [3.63, 3.8) is 0 Å². The Morgan fingerprint density at radius 3 is 1.06 bits per heavy atom. The van der Waals surface area contributed by atoms with E-state index in [1.165, 1.54) is 38.5 Å². The third kappa shape index (κ3) is 61.6. The second-order valence-electron chi connectivity index (χ2n) is 28.9. The first-order valence-corrected chi connectivity index (χ1v) is 45.0. The van der Waals surface area contributed by atoms with Gasteiger partial charge in [-0.05, 0) is 121 Å². The average Bonchev–Trinajstić information content (AvgIpc) is 0.848. The van der Waals surface area contributed by atoms with Gasteiger partial charge in [0.15, 0.2) is 0 Å². The van der Waals surface area contributed by atoms with Crippen LogP contribution in [-0.2, 0) is 65.4 Å². The molecule has 4 unspecified atom stereocenters. The molecule has 9 N–H and O–H groups in total. The molecule has 8 atom stereocenters. The fraction of sp³-hybridized carbons (Fsp3) is 0.805. The molecule has 27 heteroatoms. The topological polar surface area (TPSA) is 360 Å². The van der Waals surface area contributed by atoms with Gasteiger partial charge in [-0.15, -0.1) is 0 Å². The highest BCUT2D eigenvalue weighted by Gasteiger charge is 2.29. The summed E-state index contributed by atoms with van der Waals surface area (Å²) in [6.07, 6.45) is 43.0. The number of ether oxygens (including phenoxy) is 4. The molecule has 0 saturated heterocycles. The van der Waals surface area contributed by atoms with E-state index in [4.69, 9.17) is 37.0 Å². The van der Waals surface area contributed by atoms with Crippen molar-refractivity contribution in [2.45, 2.75) is 361 Å². The molecule has 4 amide bonds. The van der Waals surface area contributed by atoms with Crippen molar-refractivity contribution in [1.29, 1.82) is 0 Å². The molecule has 0 spiro atoms. The first-order chi connectivity index (χ1) is 52.6. The van der Waals surface area contributed by atoms with Gasteiger partial charge in [-0.25, -0.2) is 9.13 Å². The molecule has 25 nitrogen and oxygen atoms in total. The number of benzene rings is 1. The summed E-state index contributed by atoms with van der Waals surface area (Å²) in [5.41, 5.74) is -0.358. The summed E-state index contributed by atoms with van der Waals surface area (Å²) in [7, 11) is -9.70. The molecule has 0 fully saturated rings. The minimum Gasteiger partial charge on any atom is -0.508 e. The molecule has 0 saturated carbocycles. The van der Waals surface area contributed by atoms with E-state index in [1.807, 2.05) is 0 Å². The molecule has 0 radical (unpaired) electrons. The van der Waals surface area contributed by atoms with Gasteiger partial charge in [0.2, 0.25) is 11.8 Å². The third-order valence-corrected chi connectivity index (χ3v) is 20.4. The summed E-state index contributed by atoms with van der Waals surface area (Å²) in [4.78, 5) is 102. The number of carbonyl (C=O) groups is 6. The van der Waals surface area contributed by atoms with Crippen LogP contribution in [-0.4, -0.2) is 163 Å². The predicted octanol–water partition coefficient (Wildman–Crippen LogP) is 17.1. The number of aromatic hydroxyl groups is 1. The number of rotatable bonds is 76. The maximum atomic E-state index is 13.7. The Hall–Kier alpha value is -4.62. The zero-order valence-corrected chi connectivity index (χ0v) is 69.6. The van der Waals surface area contributed by atoms with Crippen LogP contribution in [0.5, 0.6) is 5.75 Å². The van der Waals surface area contributed by atoms with E-state index in [0.717, 1.165) is 185 Å². The van der Waals surface area contributed by atoms with Gasteiger partial charge >= 0.3 is 27.6 Å². The highest BCUT2D eigenvalue weighted by molar-refractivity contribution is 7.47. The Bertz CT molecular complexity index is 2490. The second kappa shape index (κ2) is 68.9. The molecule has 632 valence electrons. The fourth-order valence-corrected chi connectivity index (χ4v) is 13.5. The van der Waals surface area contributed by atoms with Crippen LogP contribution < -0.4 is 21.3 Å². The largest absolute Gasteiger partial charge is 0.508 e. The van der Waals surface area contributed by atoms with Crippen LogP contribution in [0.4, 0.5) is 0 Å². The molecule has 1 aromatic carbocycles. The fourth-order valence-electron chi connectivity index (χ4n) is 12.0. The number of carbonyl (C=O) groups excluding carboxylic acids is 6. The molecule has 0 aliphatic rings. The van der Waals surface area contributed by atoms with Crippen LogP contribution >= 0.6 is 15.6 Å². The highest BCUT2D eigenvalue weighted by atomic mass is 31.2. The Balaban J connectivity index is 3.03. The molecule has 0 bridgehead atoms. The van der Waals surface area contributed by atoms with Gasteiger partial charge in [-0.2, -0.15) is 0 Å². The highest BCUT2D eigenvalue weighted by Crippen LogP contribution is 2.44. The number of esters is 2. The third-order valence-electron chi connectivity index (χ3n) is 18.4. The molecule has 0 aromatic heterocycles. The van der Waals surface area contributed by atoms with Gasteiger partial charge in [0.25, 0.3) is 11.8 Å². The standard InChI is InChI=1S/C82H148N4O21P2/c1-7-13-19-25-27-29-31-37-43-49-79(92)106-75(47-41-35-23-17-11-5)62-77(90)85-70(64-100-55-51-72(87)45-39-33-21-15-9-3)66-104-108(96,97)102-57-53-83-81(94)68-59-69(61-74(89)60-68)82(95)84-54-58-103-109(98,99)105-67-71(65-101-56-52-73(88)46-40-34-22-16-10-4)86-78(91)63-76(48-42-36-24-18-12-6)107-80(93)50-44-38-32-30-28-26-20-14-8-2/h29-32,59-61,70-73,75-76,87-89H,7-28,33-58,62-67H2,1-6H3,(H,83,94)(H,84,95)(H,85,90)(H,86,91)(H,96,97)(H,98,99)/t70?,71?,72-,73-,75-,76-/m1/s1. The number of phenols is 1. The number of hydrogen-bond donors (Lipinski definition) is 9. The Morgan fingerprint density at radius 2 is 0.716 bits per heavy atom. The van der Waals surface area contributed by atoms with Crippen molar-refractivity contribution >= 4 is 51.2 Å². The van der Waals surface area contributed by atoms with Crippen molar-refractivity contribution < 1.29 is 100 Å². The van der Waals surface area contributed by atoms with Gasteiger partial charge in [0.05, 0.1) is 76.8 Å². The van der Waals surface area contributed by atoms with E-state index in [1.54, 1.807) is 0 Å². The number of phosphoric ester groups is 2. The van der Waals surface area contributed by atoms with E-state index in [0.29, 0.717) is 51.4 Å². The number of amides is 4. The number of allylic oxidation sites excluding steroid dienone is 4. The first-order valence-electron chi connectivity index (χ1n) is 42.0. The summed E-state index contributed by atoms with van der Waals surface area (Å²) in [5.74, 6) is -3.85. The maximum Gasteiger partial charge on any atom is 0.472 e. The minimum absolute atomic E-state index is 0.132.